The van der Waals surface area contributed by atoms with Crippen LogP contribution in [0.5, 0.6) is 0 Å². The van der Waals surface area contributed by atoms with Gasteiger partial charge in [0.2, 0.25) is 0 Å². The second-order valence-corrected chi connectivity index (χ2v) is 5.18. The van der Waals surface area contributed by atoms with Gasteiger partial charge in [0.1, 0.15) is 0 Å². The number of hydrogen-bond donors (Lipinski definition) is 2. The zero-order valence-corrected chi connectivity index (χ0v) is 11.0. The highest BCUT2D eigenvalue weighted by Gasteiger charge is 2.13. The van der Waals surface area contributed by atoms with Gasteiger partial charge in [-0.05, 0) is 40.3 Å². The van der Waals surface area contributed by atoms with Crippen LogP contribution in [0.3, 0.4) is 0 Å². The van der Waals surface area contributed by atoms with E-state index < -0.39 is 0 Å². The van der Waals surface area contributed by atoms with E-state index in [9.17, 15) is 5.11 Å². The molecule has 0 aliphatic rings. The minimum atomic E-state index is -0.268. The molecule has 0 saturated heterocycles. The topological polar surface area (TPSA) is 35.5 Å². The van der Waals surface area contributed by atoms with E-state index in [-0.39, 0.29) is 11.6 Å². The molecule has 0 rings (SSSR count). The van der Waals surface area contributed by atoms with E-state index in [1.165, 1.54) is 0 Å². The number of aliphatic hydroxyl groups is 1. The average Bonchev–Trinajstić information content (AvgIpc) is 2.13. The fourth-order valence-electron chi connectivity index (χ4n) is 1.48. The highest BCUT2D eigenvalue weighted by Crippen LogP contribution is 2.00. The summed E-state index contributed by atoms with van der Waals surface area (Å²) >= 11 is 0. The van der Waals surface area contributed by atoms with Crippen LogP contribution in [0.4, 0.5) is 0 Å². The number of nitrogens with zero attached hydrogens (tertiary/aromatic N) is 1. The van der Waals surface area contributed by atoms with Crippen molar-refractivity contribution >= 4 is 0 Å². The first-order valence-corrected chi connectivity index (χ1v) is 6.04. The Kier molecular flexibility index (Phi) is 7.14. The number of β-amino-alcohol motifs (C(OH)–C–C–N with tert-alkyl or cyclic N) is 1. The summed E-state index contributed by atoms with van der Waals surface area (Å²) in [6, 6.07) is 0. The maximum absolute atomic E-state index is 9.84. The molecule has 3 heteroatoms. The molecular formula is C12H28N2O. The van der Waals surface area contributed by atoms with Gasteiger partial charge in [0.15, 0.2) is 0 Å². The van der Waals surface area contributed by atoms with Gasteiger partial charge in [0.25, 0.3) is 0 Å². The lowest BCUT2D eigenvalue weighted by Gasteiger charge is -2.26. The van der Waals surface area contributed by atoms with Crippen molar-refractivity contribution < 1.29 is 5.11 Å². The van der Waals surface area contributed by atoms with Gasteiger partial charge in [-0.15, -0.1) is 0 Å². The quantitative estimate of drug-likeness (QED) is 0.676. The molecule has 92 valence electrons. The van der Waals surface area contributed by atoms with E-state index in [1.807, 2.05) is 0 Å². The summed E-state index contributed by atoms with van der Waals surface area (Å²) in [6.45, 7) is 14.2. The largest absolute Gasteiger partial charge is 0.390 e. The average molecular weight is 216 g/mol. The number of rotatable bonds is 7. The van der Waals surface area contributed by atoms with E-state index in [2.05, 4.69) is 44.8 Å². The third-order valence-electron chi connectivity index (χ3n) is 2.32. The Hall–Kier alpha value is -0.120. The van der Waals surface area contributed by atoms with Crippen molar-refractivity contribution in [3.8, 4) is 0 Å². The molecule has 0 saturated carbocycles. The number of aliphatic hydroxyl groups excluding tert-OH is 1. The Balaban J connectivity index is 3.75. The van der Waals surface area contributed by atoms with Crippen molar-refractivity contribution in [2.75, 3.05) is 26.2 Å². The van der Waals surface area contributed by atoms with Crippen LogP contribution in [0.2, 0.25) is 0 Å². The molecule has 3 nitrogen and oxygen atoms in total. The van der Waals surface area contributed by atoms with Crippen molar-refractivity contribution in [1.29, 1.82) is 0 Å². The number of likely N-dealkylation sites (N-methyl/N-ethyl adjacent to an activating group) is 1. The first-order valence-electron chi connectivity index (χ1n) is 6.04. The highest BCUT2D eigenvalue weighted by atomic mass is 16.3. The van der Waals surface area contributed by atoms with Crippen LogP contribution >= 0.6 is 0 Å². The zero-order chi connectivity index (χ0) is 11.9. The first-order chi connectivity index (χ1) is 6.89. The van der Waals surface area contributed by atoms with Crippen LogP contribution in [-0.4, -0.2) is 47.8 Å². The summed E-state index contributed by atoms with van der Waals surface area (Å²) in [5.41, 5.74) is 0.0861. The van der Waals surface area contributed by atoms with Crippen LogP contribution in [0.15, 0.2) is 0 Å². The number of nitrogens with one attached hydrogen (secondary N) is 1. The zero-order valence-electron chi connectivity index (χ0n) is 11.0. The lowest BCUT2D eigenvalue weighted by atomic mass is 10.1. The SMILES string of the molecule is CCCN(CC)CC(O)CNC(C)(C)C. The molecule has 0 aliphatic carbocycles. The van der Waals surface area contributed by atoms with E-state index in [0.29, 0.717) is 6.54 Å². The third kappa shape index (κ3) is 8.85. The van der Waals surface area contributed by atoms with Gasteiger partial charge >= 0.3 is 0 Å². The van der Waals surface area contributed by atoms with Gasteiger partial charge in [-0.3, -0.25) is 0 Å². The minimum Gasteiger partial charge on any atom is -0.390 e. The molecule has 0 aromatic carbocycles. The molecule has 0 spiro atoms. The maximum Gasteiger partial charge on any atom is 0.0791 e. The van der Waals surface area contributed by atoms with E-state index in [1.54, 1.807) is 0 Å². The van der Waals surface area contributed by atoms with Gasteiger partial charge in [0.05, 0.1) is 6.10 Å². The van der Waals surface area contributed by atoms with Crippen molar-refractivity contribution in [1.82, 2.24) is 10.2 Å². The summed E-state index contributed by atoms with van der Waals surface area (Å²) in [4.78, 5) is 2.29. The Labute approximate surface area is 94.9 Å². The van der Waals surface area contributed by atoms with Crippen LogP contribution in [0.1, 0.15) is 41.0 Å². The molecular weight excluding hydrogens is 188 g/mol. The Bertz CT molecular complexity index is 154. The molecule has 2 N–H and O–H groups in total. The van der Waals surface area contributed by atoms with Crippen LogP contribution in [0.25, 0.3) is 0 Å². The molecule has 0 fully saturated rings. The van der Waals surface area contributed by atoms with Gasteiger partial charge in [0, 0.05) is 18.6 Å². The van der Waals surface area contributed by atoms with Crippen molar-refractivity contribution in [3.05, 3.63) is 0 Å². The van der Waals surface area contributed by atoms with Crippen LogP contribution in [-0.2, 0) is 0 Å². The lowest BCUT2D eigenvalue weighted by molar-refractivity contribution is 0.108. The molecule has 1 unspecified atom stereocenters. The monoisotopic (exact) mass is 216 g/mol. The van der Waals surface area contributed by atoms with Crippen molar-refractivity contribution in [2.24, 2.45) is 0 Å². The summed E-state index contributed by atoms with van der Waals surface area (Å²) in [5.74, 6) is 0. The second kappa shape index (κ2) is 7.20. The normalized spacial score (nSPS) is 14.6. The van der Waals surface area contributed by atoms with Gasteiger partial charge in [-0.2, -0.15) is 0 Å². The fraction of sp³-hybridized carbons (Fsp3) is 1.00. The van der Waals surface area contributed by atoms with Gasteiger partial charge in [-0.25, -0.2) is 0 Å². The van der Waals surface area contributed by atoms with Crippen LogP contribution in [0, 0.1) is 0 Å². The predicted molar refractivity (Wildman–Crippen MR) is 66.2 cm³/mol. The Morgan fingerprint density at radius 1 is 1.27 bits per heavy atom. The summed E-state index contributed by atoms with van der Waals surface area (Å²) in [7, 11) is 0. The lowest BCUT2D eigenvalue weighted by Crippen LogP contribution is -2.44. The van der Waals surface area contributed by atoms with E-state index in [0.717, 1.165) is 26.1 Å². The maximum atomic E-state index is 9.84. The first kappa shape index (κ1) is 14.9. The summed E-state index contributed by atoms with van der Waals surface area (Å²) < 4.78 is 0. The Morgan fingerprint density at radius 2 is 1.87 bits per heavy atom. The number of hydrogen-bond acceptors (Lipinski definition) is 3. The van der Waals surface area contributed by atoms with Crippen molar-refractivity contribution in [2.45, 2.75) is 52.7 Å². The molecule has 0 radical (unpaired) electrons. The second-order valence-electron chi connectivity index (χ2n) is 5.18. The highest BCUT2D eigenvalue weighted by molar-refractivity contribution is 4.74. The van der Waals surface area contributed by atoms with Gasteiger partial charge < -0.3 is 15.3 Å². The van der Waals surface area contributed by atoms with Crippen molar-refractivity contribution in [3.63, 3.8) is 0 Å². The fourth-order valence-corrected chi connectivity index (χ4v) is 1.48. The van der Waals surface area contributed by atoms with E-state index >= 15 is 0 Å². The molecule has 0 bridgehead atoms. The smallest absolute Gasteiger partial charge is 0.0791 e. The predicted octanol–water partition coefficient (Wildman–Crippen LogP) is 1.47. The minimum absolute atomic E-state index is 0.0861. The standard InChI is InChI=1S/C12H28N2O/c1-6-8-14(7-2)10-11(15)9-13-12(3,4)5/h11,13,15H,6-10H2,1-5H3. The van der Waals surface area contributed by atoms with Crippen LogP contribution < -0.4 is 5.32 Å². The molecule has 0 aromatic rings. The molecule has 1 atom stereocenters. The Morgan fingerprint density at radius 3 is 2.27 bits per heavy atom. The molecule has 15 heavy (non-hydrogen) atoms. The summed E-state index contributed by atoms with van der Waals surface area (Å²) in [5, 5.41) is 13.2. The van der Waals surface area contributed by atoms with Gasteiger partial charge in [-0.1, -0.05) is 13.8 Å². The summed E-state index contributed by atoms with van der Waals surface area (Å²) in [6.07, 6.45) is 0.878. The molecule has 0 aromatic heterocycles. The molecule has 0 heterocycles. The molecule has 0 amide bonds. The third-order valence-corrected chi connectivity index (χ3v) is 2.32. The van der Waals surface area contributed by atoms with E-state index in [4.69, 9.17) is 0 Å². The molecule has 0 aliphatic heterocycles.